The van der Waals surface area contributed by atoms with Crippen molar-refractivity contribution < 1.29 is 22.6 Å². The third kappa shape index (κ3) is 7.27. The summed E-state index contributed by atoms with van der Waals surface area (Å²) in [5.74, 6) is 1.63. The van der Waals surface area contributed by atoms with Crippen molar-refractivity contribution in [3.63, 3.8) is 0 Å². The second-order valence-electron chi connectivity index (χ2n) is 9.00. The Kier molecular flexibility index (Phi) is 8.77. The smallest absolute Gasteiger partial charge is 0.380 e. The molecule has 1 atom stereocenters. The predicted octanol–water partition coefficient (Wildman–Crippen LogP) is 3.58. The van der Waals surface area contributed by atoms with Gasteiger partial charge in [0.25, 0.3) is 0 Å². The summed E-state index contributed by atoms with van der Waals surface area (Å²) >= 11 is 0. The number of fused-ring (bicyclic) bond motifs is 1. The van der Waals surface area contributed by atoms with Crippen LogP contribution in [0.25, 0.3) is 11.0 Å². The lowest BCUT2D eigenvalue weighted by molar-refractivity contribution is -0.146. The van der Waals surface area contributed by atoms with Crippen molar-refractivity contribution in [2.24, 2.45) is 0 Å². The molecule has 13 heteroatoms. The first kappa shape index (κ1) is 27.0. The Balaban J connectivity index is 1.75. The van der Waals surface area contributed by atoms with Gasteiger partial charge < -0.3 is 25.0 Å². The van der Waals surface area contributed by atoms with Crippen LogP contribution in [-0.2, 0) is 22.6 Å². The van der Waals surface area contributed by atoms with E-state index in [1.807, 2.05) is 26.0 Å². The number of piperazine rings is 1. The molecule has 0 bridgehead atoms. The molecule has 2 N–H and O–H groups in total. The fourth-order valence-corrected chi connectivity index (χ4v) is 4.11. The summed E-state index contributed by atoms with van der Waals surface area (Å²) in [5.41, 5.74) is 2.61. The molecule has 1 fully saturated rings. The van der Waals surface area contributed by atoms with Crippen molar-refractivity contribution >= 4 is 28.6 Å². The zero-order valence-electron chi connectivity index (χ0n) is 21.3. The molecule has 3 aromatic rings. The van der Waals surface area contributed by atoms with Crippen molar-refractivity contribution in [2.75, 3.05) is 49.7 Å². The van der Waals surface area contributed by atoms with E-state index in [1.165, 1.54) is 0 Å². The zero-order chi connectivity index (χ0) is 26.4. The molecule has 37 heavy (non-hydrogen) atoms. The SMILES string of the molecule is CCOCCn1nc(COCCC(F)(F)F)c2nc(N3CCN[C@H](C)C3)nc(Nc3cc(C)ccn3)c21. The summed E-state index contributed by atoms with van der Waals surface area (Å²) in [6.07, 6.45) is -3.60. The van der Waals surface area contributed by atoms with Gasteiger partial charge in [-0.1, -0.05) is 0 Å². The Bertz CT molecular complexity index is 1190. The first-order chi connectivity index (χ1) is 17.7. The second-order valence-corrected chi connectivity index (χ2v) is 9.00. The van der Waals surface area contributed by atoms with Gasteiger partial charge in [-0.05, 0) is 38.5 Å². The minimum atomic E-state index is -4.29. The third-order valence-corrected chi connectivity index (χ3v) is 5.88. The van der Waals surface area contributed by atoms with Crippen LogP contribution in [0.5, 0.6) is 0 Å². The summed E-state index contributed by atoms with van der Waals surface area (Å²) in [6, 6.07) is 4.06. The van der Waals surface area contributed by atoms with Crippen molar-refractivity contribution in [3.8, 4) is 0 Å². The van der Waals surface area contributed by atoms with Gasteiger partial charge in [0.1, 0.15) is 22.5 Å². The molecule has 0 unspecified atom stereocenters. The number of pyridine rings is 1. The number of alkyl halides is 3. The number of hydrogen-bond donors (Lipinski definition) is 2. The van der Waals surface area contributed by atoms with Crippen LogP contribution < -0.4 is 15.5 Å². The van der Waals surface area contributed by atoms with Gasteiger partial charge in [-0.3, -0.25) is 4.68 Å². The van der Waals surface area contributed by atoms with Crippen molar-refractivity contribution in [1.29, 1.82) is 0 Å². The largest absolute Gasteiger partial charge is 0.391 e. The number of anilines is 3. The molecule has 4 heterocycles. The van der Waals surface area contributed by atoms with E-state index >= 15 is 0 Å². The normalized spacial score (nSPS) is 16.5. The van der Waals surface area contributed by atoms with E-state index in [-0.39, 0.29) is 12.6 Å². The summed E-state index contributed by atoms with van der Waals surface area (Å²) in [6.45, 7) is 8.98. The van der Waals surface area contributed by atoms with Gasteiger partial charge in [-0.2, -0.15) is 23.3 Å². The van der Waals surface area contributed by atoms with Gasteiger partial charge in [0.05, 0.1) is 32.8 Å². The number of aromatic nitrogens is 5. The number of ether oxygens (including phenoxy) is 2. The summed E-state index contributed by atoms with van der Waals surface area (Å²) in [7, 11) is 0. The fourth-order valence-electron chi connectivity index (χ4n) is 4.11. The van der Waals surface area contributed by atoms with E-state index in [2.05, 4.69) is 32.5 Å². The standard InChI is InChI=1S/C24H33F3N8O2/c1-4-36-12-10-35-21-20(18(33-35)15-37-11-6-24(25,26)27)31-23(34-9-8-28-17(3)14-34)32-22(21)30-19-13-16(2)5-7-29-19/h5,7,13,17,28H,4,6,8-12,14-15H2,1-3H3,(H,29,30,31,32)/t17-/m1/s1. The quantitative estimate of drug-likeness (QED) is 0.366. The van der Waals surface area contributed by atoms with Crippen LogP contribution in [0.15, 0.2) is 18.3 Å². The average Bonchev–Trinajstić information content (AvgIpc) is 3.19. The van der Waals surface area contributed by atoms with E-state index in [1.54, 1.807) is 10.9 Å². The number of nitrogens with one attached hydrogen (secondary N) is 2. The molecule has 0 saturated carbocycles. The number of rotatable bonds is 11. The van der Waals surface area contributed by atoms with Crippen LogP contribution in [0.1, 0.15) is 31.5 Å². The summed E-state index contributed by atoms with van der Waals surface area (Å²) < 4.78 is 50.5. The fraction of sp³-hybridized carbons (Fsp3) is 0.583. The Morgan fingerprint density at radius 1 is 1.22 bits per heavy atom. The molecule has 4 rings (SSSR count). The maximum Gasteiger partial charge on any atom is 0.391 e. The molecule has 1 aliphatic heterocycles. The number of hydrogen-bond acceptors (Lipinski definition) is 9. The lowest BCUT2D eigenvalue weighted by Crippen LogP contribution is -2.49. The molecule has 202 valence electrons. The lowest BCUT2D eigenvalue weighted by atomic mass is 10.2. The van der Waals surface area contributed by atoms with Crippen LogP contribution >= 0.6 is 0 Å². The monoisotopic (exact) mass is 522 g/mol. The highest BCUT2D eigenvalue weighted by Crippen LogP contribution is 2.30. The average molecular weight is 523 g/mol. The predicted molar refractivity (Wildman–Crippen MR) is 134 cm³/mol. The van der Waals surface area contributed by atoms with Gasteiger partial charge in [0.2, 0.25) is 5.95 Å². The van der Waals surface area contributed by atoms with Crippen LogP contribution in [0.2, 0.25) is 0 Å². The van der Waals surface area contributed by atoms with E-state index in [4.69, 9.17) is 19.4 Å². The molecule has 0 amide bonds. The van der Waals surface area contributed by atoms with Gasteiger partial charge >= 0.3 is 6.18 Å². The number of halogens is 3. The van der Waals surface area contributed by atoms with Crippen LogP contribution in [0.3, 0.4) is 0 Å². The Hall–Kier alpha value is -3.03. The van der Waals surface area contributed by atoms with E-state index in [9.17, 15) is 13.2 Å². The molecule has 1 aliphatic rings. The summed E-state index contributed by atoms with van der Waals surface area (Å²) in [4.78, 5) is 16.2. The molecule has 0 aliphatic carbocycles. The Morgan fingerprint density at radius 3 is 2.78 bits per heavy atom. The minimum Gasteiger partial charge on any atom is -0.380 e. The molecule has 10 nitrogen and oxygen atoms in total. The second kappa shape index (κ2) is 12.0. The molecule has 0 radical (unpaired) electrons. The van der Waals surface area contributed by atoms with Crippen molar-refractivity contribution in [3.05, 3.63) is 29.6 Å². The maximum atomic E-state index is 12.6. The van der Waals surface area contributed by atoms with E-state index < -0.39 is 19.2 Å². The summed E-state index contributed by atoms with van der Waals surface area (Å²) in [5, 5.41) is 11.4. The van der Waals surface area contributed by atoms with Crippen LogP contribution in [0.4, 0.5) is 30.8 Å². The van der Waals surface area contributed by atoms with E-state index in [0.29, 0.717) is 67.2 Å². The van der Waals surface area contributed by atoms with Gasteiger partial charge in [-0.15, -0.1) is 0 Å². The first-order valence-electron chi connectivity index (χ1n) is 12.4. The molecular formula is C24H33F3N8O2. The Labute approximate surface area is 213 Å². The number of aryl methyl sites for hydroxylation is 1. The van der Waals surface area contributed by atoms with Gasteiger partial charge in [0.15, 0.2) is 5.82 Å². The van der Waals surface area contributed by atoms with Gasteiger partial charge in [0, 0.05) is 38.5 Å². The van der Waals surface area contributed by atoms with Gasteiger partial charge in [-0.25, -0.2) is 9.97 Å². The molecule has 0 aromatic carbocycles. The number of nitrogens with zero attached hydrogens (tertiary/aromatic N) is 6. The topological polar surface area (TPSA) is 102 Å². The van der Waals surface area contributed by atoms with Crippen LogP contribution in [-0.4, -0.2) is 76.4 Å². The maximum absolute atomic E-state index is 12.6. The third-order valence-electron chi connectivity index (χ3n) is 5.88. The highest BCUT2D eigenvalue weighted by molar-refractivity contribution is 5.90. The zero-order valence-corrected chi connectivity index (χ0v) is 21.3. The van der Waals surface area contributed by atoms with Crippen molar-refractivity contribution in [1.82, 2.24) is 30.0 Å². The molecular weight excluding hydrogens is 489 g/mol. The molecule has 3 aromatic heterocycles. The minimum absolute atomic E-state index is 0.106. The molecule has 1 saturated heterocycles. The highest BCUT2D eigenvalue weighted by Gasteiger charge is 2.27. The molecule has 0 spiro atoms. The van der Waals surface area contributed by atoms with E-state index in [0.717, 1.165) is 12.1 Å². The van der Waals surface area contributed by atoms with Crippen molar-refractivity contribution in [2.45, 2.75) is 52.6 Å². The lowest BCUT2D eigenvalue weighted by Gasteiger charge is -2.32. The van der Waals surface area contributed by atoms with Crippen LogP contribution in [0, 0.1) is 6.92 Å². The Morgan fingerprint density at radius 2 is 2.05 bits per heavy atom. The first-order valence-corrected chi connectivity index (χ1v) is 12.4. The highest BCUT2D eigenvalue weighted by atomic mass is 19.4.